The smallest absolute Gasteiger partial charge is 0.257 e. The molecule has 0 N–H and O–H groups in total. The van der Waals surface area contributed by atoms with Crippen molar-refractivity contribution in [3.63, 3.8) is 0 Å². The van der Waals surface area contributed by atoms with Crippen molar-refractivity contribution in [2.45, 2.75) is 32.2 Å². The van der Waals surface area contributed by atoms with E-state index in [2.05, 4.69) is 11.8 Å². The number of benzene rings is 2. The van der Waals surface area contributed by atoms with Gasteiger partial charge in [-0.05, 0) is 79.4 Å². The number of nitrogens with zero attached hydrogens (tertiary/aromatic N) is 3. The predicted molar refractivity (Wildman–Crippen MR) is 115 cm³/mol. The molecule has 158 valence electrons. The zero-order valence-electron chi connectivity index (χ0n) is 17.6. The van der Waals surface area contributed by atoms with Crippen LogP contribution in [0.3, 0.4) is 0 Å². The highest BCUT2D eigenvalue weighted by Crippen LogP contribution is 2.33. The molecule has 2 aliphatic rings. The average molecular weight is 410 g/mol. The molecule has 1 saturated heterocycles. The standard InChI is InChI=1S/C24H28FN3O2/c1-17-11-13-27(14-12-17)16-24(29)28-23(19-3-7-20(25)8-4-19)15-22(26-28)18-5-9-21(30-2)10-6-18/h3-10,17,23H,11-16H2,1-2H3/t23-/m1/s1. The number of piperidine rings is 1. The molecule has 0 aromatic heterocycles. The van der Waals surface area contributed by atoms with Crippen molar-refractivity contribution in [3.8, 4) is 5.75 Å². The summed E-state index contributed by atoms with van der Waals surface area (Å²) in [5.41, 5.74) is 2.71. The third-order valence-electron chi connectivity index (χ3n) is 6.08. The van der Waals surface area contributed by atoms with Gasteiger partial charge in [0.15, 0.2) is 0 Å². The van der Waals surface area contributed by atoms with Crippen LogP contribution < -0.4 is 4.74 Å². The molecule has 0 saturated carbocycles. The molecule has 0 spiro atoms. The third-order valence-corrected chi connectivity index (χ3v) is 6.08. The predicted octanol–water partition coefficient (Wildman–Crippen LogP) is 4.24. The third kappa shape index (κ3) is 4.54. The van der Waals surface area contributed by atoms with Crippen molar-refractivity contribution in [2.24, 2.45) is 11.0 Å². The molecular weight excluding hydrogens is 381 g/mol. The van der Waals surface area contributed by atoms with Crippen LogP contribution >= 0.6 is 0 Å². The van der Waals surface area contributed by atoms with Gasteiger partial charge in [-0.2, -0.15) is 5.10 Å². The van der Waals surface area contributed by atoms with Gasteiger partial charge in [0.2, 0.25) is 0 Å². The molecular formula is C24H28FN3O2. The first-order valence-electron chi connectivity index (χ1n) is 10.6. The van der Waals surface area contributed by atoms with Crippen molar-refractivity contribution < 1.29 is 13.9 Å². The first-order valence-corrected chi connectivity index (χ1v) is 10.6. The number of amides is 1. The van der Waals surface area contributed by atoms with Gasteiger partial charge in [-0.15, -0.1) is 0 Å². The van der Waals surface area contributed by atoms with Crippen LogP contribution in [-0.4, -0.2) is 48.3 Å². The summed E-state index contributed by atoms with van der Waals surface area (Å²) in [5.74, 6) is 1.20. The number of carbonyl (C=O) groups excluding carboxylic acids is 1. The van der Waals surface area contributed by atoms with Crippen molar-refractivity contribution in [1.82, 2.24) is 9.91 Å². The highest BCUT2D eigenvalue weighted by Gasteiger charge is 2.34. The maximum atomic E-state index is 13.5. The van der Waals surface area contributed by atoms with E-state index in [-0.39, 0.29) is 17.8 Å². The van der Waals surface area contributed by atoms with Crippen molar-refractivity contribution in [2.75, 3.05) is 26.7 Å². The van der Waals surface area contributed by atoms with Crippen molar-refractivity contribution in [3.05, 3.63) is 65.5 Å². The summed E-state index contributed by atoms with van der Waals surface area (Å²) in [6.45, 7) is 4.51. The van der Waals surface area contributed by atoms with Crippen LogP contribution in [0.4, 0.5) is 4.39 Å². The molecule has 0 bridgehead atoms. The van der Waals surface area contributed by atoms with E-state index in [1.807, 2.05) is 24.3 Å². The molecule has 1 amide bonds. The average Bonchev–Trinajstić information content (AvgIpc) is 3.21. The van der Waals surface area contributed by atoms with Gasteiger partial charge in [0.25, 0.3) is 5.91 Å². The monoisotopic (exact) mass is 409 g/mol. The highest BCUT2D eigenvalue weighted by molar-refractivity contribution is 6.03. The minimum atomic E-state index is -0.284. The topological polar surface area (TPSA) is 45.1 Å². The summed E-state index contributed by atoms with van der Waals surface area (Å²) >= 11 is 0. The number of rotatable bonds is 5. The second-order valence-corrected chi connectivity index (χ2v) is 8.24. The van der Waals surface area contributed by atoms with E-state index < -0.39 is 0 Å². The van der Waals surface area contributed by atoms with E-state index in [1.54, 1.807) is 24.3 Å². The number of hydrazone groups is 1. The minimum Gasteiger partial charge on any atom is -0.497 e. The van der Waals surface area contributed by atoms with Gasteiger partial charge >= 0.3 is 0 Å². The van der Waals surface area contributed by atoms with Gasteiger partial charge < -0.3 is 4.74 Å². The van der Waals surface area contributed by atoms with Crippen molar-refractivity contribution in [1.29, 1.82) is 0 Å². The summed E-state index contributed by atoms with van der Waals surface area (Å²) < 4.78 is 18.7. The lowest BCUT2D eigenvalue weighted by Gasteiger charge is -2.31. The lowest BCUT2D eigenvalue weighted by Crippen LogP contribution is -2.41. The molecule has 4 rings (SSSR count). The molecule has 0 radical (unpaired) electrons. The van der Waals surface area contributed by atoms with Crippen LogP contribution in [0.5, 0.6) is 5.75 Å². The van der Waals surface area contributed by atoms with Gasteiger partial charge in [0.05, 0.1) is 25.4 Å². The number of likely N-dealkylation sites (tertiary alicyclic amines) is 1. The Bertz CT molecular complexity index is 903. The number of halogens is 1. The second kappa shape index (κ2) is 8.96. The molecule has 1 atom stereocenters. The molecule has 2 aromatic rings. The van der Waals surface area contributed by atoms with Gasteiger partial charge in [-0.3, -0.25) is 9.69 Å². The molecule has 2 aromatic carbocycles. The molecule has 2 aliphatic heterocycles. The van der Waals surface area contributed by atoms with E-state index in [1.165, 1.54) is 12.1 Å². The van der Waals surface area contributed by atoms with Crippen LogP contribution in [0.15, 0.2) is 53.6 Å². The van der Waals surface area contributed by atoms with E-state index in [0.29, 0.717) is 13.0 Å². The minimum absolute atomic E-state index is 0.0117. The number of carbonyl (C=O) groups is 1. The molecule has 6 heteroatoms. The molecule has 5 nitrogen and oxygen atoms in total. The Morgan fingerprint density at radius 3 is 2.40 bits per heavy atom. The summed E-state index contributed by atoms with van der Waals surface area (Å²) in [7, 11) is 1.63. The van der Waals surface area contributed by atoms with Crippen LogP contribution in [0.25, 0.3) is 0 Å². The highest BCUT2D eigenvalue weighted by atomic mass is 19.1. The number of ether oxygens (including phenoxy) is 1. The Morgan fingerprint density at radius 2 is 1.77 bits per heavy atom. The molecule has 2 heterocycles. The number of hydrogen-bond acceptors (Lipinski definition) is 4. The maximum Gasteiger partial charge on any atom is 0.257 e. The zero-order valence-corrected chi connectivity index (χ0v) is 17.6. The van der Waals surface area contributed by atoms with Crippen LogP contribution in [0.2, 0.25) is 0 Å². The van der Waals surface area contributed by atoms with Gasteiger partial charge in [-0.25, -0.2) is 9.40 Å². The van der Waals surface area contributed by atoms with Gasteiger partial charge in [0, 0.05) is 6.42 Å². The Balaban J connectivity index is 1.57. The van der Waals surface area contributed by atoms with Gasteiger partial charge in [0.1, 0.15) is 11.6 Å². The fourth-order valence-electron chi connectivity index (χ4n) is 4.13. The second-order valence-electron chi connectivity index (χ2n) is 8.24. The lowest BCUT2D eigenvalue weighted by atomic mass is 9.98. The normalized spacial score (nSPS) is 20.3. The molecule has 0 unspecified atom stereocenters. The van der Waals surface area contributed by atoms with E-state index >= 15 is 0 Å². The first-order chi connectivity index (χ1) is 14.5. The summed E-state index contributed by atoms with van der Waals surface area (Å²) in [4.78, 5) is 15.4. The van der Waals surface area contributed by atoms with E-state index in [9.17, 15) is 9.18 Å². The summed E-state index contributed by atoms with van der Waals surface area (Å²) in [6.07, 6.45) is 2.84. The summed E-state index contributed by atoms with van der Waals surface area (Å²) in [5, 5.41) is 6.32. The Kier molecular flexibility index (Phi) is 6.13. The molecule has 1 fully saturated rings. The Hall–Kier alpha value is -2.73. The van der Waals surface area contributed by atoms with Gasteiger partial charge in [-0.1, -0.05) is 19.1 Å². The number of methoxy groups -OCH3 is 1. The quantitative estimate of drug-likeness (QED) is 0.742. The van der Waals surface area contributed by atoms with E-state index in [0.717, 1.165) is 54.4 Å². The first kappa shape index (κ1) is 20.5. The zero-order chi connectivity index (χ0) is 21.1. The lowest BCUT2D eigenvalue weighted by molar-refractivity contribution is -0.134. The number of hydrogen-bond donors (Lipinski definition) is 0. The fraction of sp³-hybridized carbons (Fsp3) is 0.417. The fourth-order valence-corrected chi connectivity index (χ4v) is 4.13. The Labute approximate surface area is 177 Å². The SMILES string of the molecule is COc1ccc(C2=NN(C(=O)CN3CCC(C)CC3)[C@@H](c3ccc(F)cc3)C2)cc1. The largest absolute Gasteiger partial charge is 0.497 e. The molecule has 0 aliphatic carbocycles. The van der Waals surface area contributed by atoms with Crippen LogP contribution in [0, 0.1) is 11.7 Å². The molecule has 30 heavy (non-hydrogen) atoms. The summed E-state index contributed by atoms with van der Waals surface area (Å²) in [6, 6.07) is 13.8. The Morgan fingerprint density at radius 1 is 1.10 bits per heavy atom. The van der Waals surface area contributed by atoms with Crippen LogP contribution in [-0.2, 0) is 4.79 Å². The van der Waals surface area contributed by atoms with Crippen molar-refractivity contribution >= 4 is 11.6 Å². The van der Waals surface area contributed by atoms with Crippen LogP contribution in [0.1, 0.15) is 43.4 Å². The van der Waals surface area contributed by atoms with E-state index in [4.69, 9.17) is 9.84 Å². The maximum absolute atomic E-state index is 13.5.